The summed E-state index contributed by atoms with van der Waals surface area (Å²) >= 11 is 0. The summed E-state index contributed by atoms with van der Waals surface area (Å²) < 4.78 is 0. The largest absolute Gasteiger partial charge is 0.480 e. The summed E-state index contributed by atoms with van der Waals surface area (Å²) in [5, 5.41) is 19.0. The van der Waals surface area contributed by atoms with E-state index in [-0.39, 0.29) is 11.5 Å². The zero-order valence-electron chi connectivity index (χ0n) is 11.4. The molecule has 0 aliphatic heterocycles. The Morgan fingerprint density at radius 2 is 1.84 bits per heavy atom. The molecular weight excluding hydrogens is 250 g/mol. The van der Waals surface area contributed by atoms with Gasteiger partial charge >= 0.3 is 5.97 Å². The van der Waals surface area contributed by atoms with Gasteiger partial charge in [0, 0.05) is 0 Å². The van der Waals surface area contributed by atoms with Crippen molar-refractivity contribution in [2.75, 3.05) is 6.54 Å². The van der Waals surface area contributed by atoms with Gasteiger partial charge < -0.3 is 16.6 Å². The minimum absolute atomic E-state index is 0.212. The molecule has 0 radical (unpaired) electrons. The number of unbranched alkanes of at least 4 members (excludes halogenated alkanes) is 2. The van der Waals surface area contributed by atoms with Gasteiger partial charge in [0.1, 0.15) is 0 Å². The number of carbonyl (C=O) groups excluding carboxylic acids is 1. The van der Waals surface area contributed by atoms with Gasteiger partial charge in [0.05, 0.1) is 6.04 Å². The number of hydroxylamine groups is 2. The first-order chi connectivity index (χ1) is 8.95. The fourth-order valence-corrected chi connectivity index (χ4v) is 1.70. The van der Waals surface area contributed by atoms with E-state index in [0.29, 0.717) is 25.8 Å². The third-order valence-corrected chi connectivity index (χ3v) is 2.92. The number of aliphatic carboxylic acids is 1. The van der Waals surface area contributed by atoms with E-state index in [1.165, 1.54) is 0 Å². The molecule has 7 heteroatoms. The van der Waals surface area contributed by atoms with Crippen molar-refractivity contribution in [2.24, 2.45) is 11.5 Å². The van der Waals surface area contributed by atoms with Crippen LogP contribution in [0.1, 0.15) is 45.4 Å². The van der Waals surface area contributed by atoms with Crippen molar-refractivity contribution < 1.29 is 19.9 Å². The molecule has 7 nitrogen and oxygen atoms in total. The van der Waals surface area contributed by atoms with Crippen LogP contribution in [-0.2, 0) is 9.59 Å². The van der Waals surface area contributed by atoms with Crippen LogP contribution < -0.4 is 11.5 Å². The summed E-state index contributed by atoms with van der Waals surface area (Å²) in [6.07, 6.45) is 3.41. The molecule has 19 heavy (non-hydrogen) atoms. The fraction of sp³-hybridized carbons (Fsp3) is 0.833. The van der Waals surface area contributed by atoms with E-state index in [4.69, 9.17) is 16.6 Å². The van der Waals surface area contributed by atoms with Crippen molar-refractivity contribution in [3.8, 4) is 0 Å². The minimum Gasteiger partial charge on any atom is -0.480 e. The molecule has 6 N–H and O–H groups in total. The highest BCUT2D eigenvalue weighted by Gasteiger charge is 2.30. The molecule has 0 aromatic carbocycles. The fourth-order valence-electron chi connectivity index (χ4n) is 1.70. The van der Waals surface area contributed by atoms with Crippen molar-refractivity contribution >= 4 is 11.9 Å². The van der Waals surface area contributed by atoms with Crippen LogP contribution in [0.2, 0.25) is 0 Å². The molecule has 112 valence electrons. The number of carboxylic acids is 1. The zero-order valence-corrected chi connectivity index (χ0v) is 11.4. The Kier molecular flexibility index (Phi) is 9.11. The molecule has 0 saturated heterocycles. The van der Waals surface area contributed by atoms with Gasteiger partial charge in [-0.2, -0.15) is 0 Å². The highest BCUT2D eigenvalue weighted by molar-refractivity contribution is 5.85. The Morgan fingerprint density at radius 3 is 2.32 bits per heavy atom. The first kappa shape index (κ1) is 17.8. The highest BCUT2D eigenvalue weighted by Crippen LogP contribution is 2.10. The van der Waals surface area contributed by atoms with Gasteiger partial charge in [-0.15, -0.1) is 0 Å². The van der Waals surface area contributed by atoms with Crippen LogP contribution in [0, 0.1) is 0 Å². The van der Waals surface area contributed by atoms with Gasteiger partial charge in [-0.3, -0.25) is 10.0 Å². The number of hydrogen-bond donors (Lipinski definition) is 4. The highest BCUT2D eigenvalue weighted by atomic mass is 16.5. The monoisotopic (exact) mass is 275 g/mol. The lowest BCUT2D eigenvalue weighted by atomic mass is 10.1. The third-order valence-electron chi connectivity index (χ3n) is 2.92. The lowest BCUT2D eigenvalue weighted by Gasteiger charge is -2.25. The Morgan fingerprint density at radius 1 is 1.21 bits per heavy atom. The summed E-state index contributed by atoms with van der Waals surface area (Å²) in [4.78, 5) is 22.8. The standard InChI is InChI=1S/C12H25N3O4/c1-2-3-7-10(12(17)18)15(19)11(16)9(14)6-4-5-8-13/h9-10,19H,2-8,13-14H2,1H3,(H,17,18)/t9-,10-/m0/s1. The third kappa shape index (κ3) is 6.51. The lowest BCUT2D eigenvalue weighted by Crippen LogP contribution is -2.49. The van der Waals surface area contributed by atoms with E-state index in [9.17, 15) is 14.8 Å². The Bertz CT molecular complexity index is 286. The molecule has 0 aliphatic carbocycles. The van der Waals surface area contributed by atoms with Crippen LogP contribution in [0.15, 0.2) is 0 Å². The van der Waals surface area contributed by atoms with Crippen LogP contribution in [0.5, 0.6) is 0 Å². The number of nitrogens with two attached hydrogens (primary N) is 2. The number of amides is 1. The molecule has 0 saturated carbocycles. The normalized spacial score (nSPS) is 13.9. The molecule has 0 heterocycles. The molecule has 0 spiro atoms. The van der Waals surface area contributed by atoms with E-state index >= 15 is 0 Å². The molecule has 0 fully saturated rings. The smallest absolute Gasteiger partial charge is 0.329 e. The maximum atomic E-state index is 11.8. The van der Waals surface area contributed by atoms with Gasteiger partial charge in [-0.05, 0) is 25.8 Å². The van der Waals surface area contributed by atoms with Gasteiger partial charge in [-0.25, -0.2) is 9.86 Å². The first-order valence-corrected chi connectivity index (χ1v) is 6.66. The summed E-state index contributed by atoms with van der Waals surface area (Å²) in [5.74, 6) is -1.97. The molecular formula is C12H25N3O4. The summed E-state index contributed by atoms with van der Waals surface area (Å²) in [5.41, 5.74) is 11.0. The topological polar surface area (TPSA) is 130 Å². The van der Waals surface area contributed by atoms with E-state index in [0.717, 1.165) is 12.8 Å². The Balaban J connectivity index is 4.43. The van der Waals surface area contributed by atoms with Crippen LogP contribution in [0.4, 0.5) is 0 Å². The number of hydrogen-bond acceptors (Lipinski definition) is 5. The van der Waals surface area contributed by atoms with Gasteiger partial charge in [0.15, 0.2) is 6.04 Å². The molecule has 0 unspecified atom stereocenters. The van der Waals surface area contributed by atoms with Crippen molar-refractivity contribution in [1.29, 1.82) is 0 Å². The lowest BCUT2D eigenvalue weighted by molar-refractivity contribution is -0.187. The van der Waals surface area contributed by atoms with E-state index in [1.54, 1.807) is 0 Å². The second-order valence-corrected chi connectivity index (χ2v) is 4.57. The molecule has 0 aliphatic rings. The molecule has 0 aromatic rings. The molecule has 1 amide bonds. The number of carboxylic acid groups (broad SMARTS) is 1. The quantitative estimate of drug-likeness (QED) is 0.258. The zero-order chi connectivity index (χ0) is 14.8. The minimum atomic E-state index is -1.23. The van der Waals surface area contributed by atoms with Crippen molar-refractivity contribution in [3.05, 3.63) is 0 Å². The average molecular weight is 275 g/mol. The summed E-state index contributed by atoms with van der Waals surface area (Å²) in [6.45, 7) is 2.42. The number of carbonyl (C=O) groups is 2. The van der Waals surface area contributed by atoms with Crippen LogP contribution in [0.3, 0.4) is 0 Å². The molecule has 0 rings (SSSR count). The van der Waals surface area contributed by atoms with Gasteiger partial charge in [0.25, 0.3) is 5.91 Å². The van der Waals surface area contributed by atoms with Crippen molar-refractivity contribution in [3.63, 3.8) is 0 Å². The van der Waals surface area contributed by atoms with Crippen LogP contribution in [0.25, 0.3) is 0 Å². The van der Waals surface area contributed by atoms with E-state index < -0.39 is 24.0 Å². The molecule has 2 atom stereocenters. The van der Waals surface area contributed by atoms with E-state index in [2.05, 4.69) is 0 Å². The number of rotatable bonds is 10. The maximum absolute atomic E-state index is 11.8. The van der Waals surface area contributed by atoms with Gasteiger partial charge in [-0.1, -0.05) is 26.2 Å². The predicted molar refractivity (Wildman–Crippen MR) is 70.5 cm³/mol. The predicted octanol–water partition coefficient (Wildman–Crippen LogP) is 0.304. The average Bonchev–Trinajstić information content (AvgIpc) is 2.37. The SMILES string of the molecule is CCCC[C@@H](C(=O)O)N(O)C(=O)[C@@H](N)CCCCN. The van der Waals surface area contributed by atoms with Crippen LogP contribution in [-0.4, -0.2) is 45.9 Å². The second kappa shape index (κ2) is 9.71. The summed E-state index contributed by atoms with van der Waals surface area (Å²) in [6, 6.07) is -2.12. The van der Waals surface area contributed by atoms with Crippen molar-refractivity contribution in [1.82, 2.24) is 5.06 Å². The van der Waals surface area contributed by atoms with E-state index in [1.807, 2.05) is 6.92 Å². The molecule has 0 bridgehead atoms. The van der Waals surface area contributed by atoms with Gasteiger partial charge in [0.2, 0.25) is 0 Å². The first-order valence-electron chi connectivity index (χ1n) is 6.66. The number of nitrogens with zero attached hydrogens (tertiary/aromatic N) is 1. The summed E-state index contributed by atoms with van der Waals surface area (Å²) in [7, 11) is 0. The maximum Gasteiger partial charge on any atom is 0.329 e. The van der Waals surface area contributed by atoms with Crippen LogP contribution >= 0.6 is 0 Å². The Labute approximate surface area is 113 Å². The van der Waals surface area contributed by atoms with Crippen molar-refractivity contribution in [2.45, 2.75) is 57.5 Å². The Hall–Kier alpha value is -1.18. The second-order valence-electron chi connectivity index (χ2n) is 4.57. The molecule has 0 aromatic heterocycles.